The Morgan fingerprint density at radius 1 is 1.23 bits per heavy atom. The van der Waals surface area contributed by atoms with Gasteiger partial charge in [0.1, 0.15) is 5.76 Å². The van der Waals surface area contributed by atoms with Crippen LogP contribution in [-0.2, 0) is 17.9 Å². The Morgan fingerprint density at radius 2 is 2.14 bits per heavy atom. The fourth-order valence-electron chi connectivity index (χ4n) is 2.18. The second-order valence-corrected chi connectivity index (χ2v) is 5.07. The molecule has 0 fully saturated rings. The van der Waals surface area contributed by atoms with Crippen molar-refractivity contribution in [2.75, 3.05) is 19.9 Å². The molecule has 2 N–H and O–H groups in total. The Morgan fingerprint density at radius 3 is 3.00 bits per heavy atom. The van der Waals surface area contributed by atoms with Crippen LogP contribution in [0.4, 0.5) is 0 Å². The number of nitrogens with one attached hydrogen (secondary N) is 1. The molecule has 2 aromatic rings. The summed E-state index contributed by atoms with van der Waals surface area (Å²) >= 11 is 0. The van der Waals surface area contributed by atoms with Crippen LogP contribution in [0.15, 0.2) is 41.0 Å². The van der Waals surface area contributed by atoms with Gasteiger partial charge in [-0.25, -0.2) is 0 Å². The number of aliphatic hydroxyl groups excluding tert-OH is 1. The molecule has 118 valence electrons. The summed E-state index contributed by atoms with van der Waals surface area (Å²) in [5.74, 6) is 2.33. The van der Waals surface area contributed by atoms with Crippen molar-refractivity contribution in [3.05, 3.63) is 47.9 Å². The minimum Gasteiger partial charge on any atom is -0.468 e. The van der Waals surface area contributed by atoms with Crippen LogP contribution in [0.3, 0.4) is 0 Å². The third-order valence-corrected chi connectivity index (χ3v) is 3.28. The van der Waals surface area contributed by atoms with Crippen molar-refractivity contribution in [1.29, 1.82) is 0 Å². The third kappa shape index (κ3) is 4.00. The van der Waals surface area contributed by atoms with Crippen molar-refractivity contribution in [2.45, 2.75) is 19.3 Å². The van der Waals surface area contributed by atoms with Gasteiger partial charge in [0.2, 0.25) is 6.79 Å². The molecule has 1 aromatic heterocycles. The van der Waals surface area contributed by atoms with Crippen molar-refractivity contribution in [2.24, 2.45) is 0 Å². The van der Waals surface area contributed by atoms with Gasteiger partial charge in [0.05, 0.1) is 32.1 Å². The summed E-state index contributed by atoms with van der Waals surface area (Å²) in [6.45, 7) is 1.99. The van der Waals surface area contributed by atoms with E-state index in [1.54, 1.807) is 6.26 Å². The molecule has 22 heavy (non-hydrogen) atoms. The predicted molar refractivity (Wildman–Crippen MR) is 78.6 cm³/mol. The number of aliphatic hydroxyl groups is 1. The molecular formula is C16H19NO5. The highest BCUT2D eigenvalue weighted by atomic mass is 16.7. The number of fused-ring (bicyclic) bond motifs is 1. The standard InChI is InChI=1S/C16H19NO5/c18-13(7-17-8-14-2-1-5-20-14)10-19-9-12-3-4-15-16(6-12)22-11-21-15/h1-6,13,17-18H,7-11H2. The molecule has 0 saturated carbocycles. The fourth-order valence-corrected chi connectivity index (χ4v) is 2.18. The van der Waals surface area contributed by atoms with Crippen LogP contribution in [0.25, 0.3) is 0 Å². The third-order valence-electron chi connectivity index (χ3n) is 3.28. The van der Waals surface area contributed by atoms with E-state index in [4.69, 9.17) is 18.6 Å². The van der Waals surface area contributed by atoms with E-state index in [0.717, 1.165) is 22.8 Å². The summed E-state index contributed by atoms with van der Waals surface area (Å²) in [5.41, 5.74) is 0.986. The lowest BCUT2D eigenvalue weighted by atomic mass is 10.2. The Kier molecular flexibility index (Phi) is 4.95. The van der Waals surface area contributed by atoms with Gasteiger partial charge in [0, 0.05) is 6.54 Å². The zero-order chi connectivity index (χ0) is 15.2. The van der Waals surface area contributed by atoms with Gasteiger partial charge in [-0.05, 0) is 29.8 Å². The smallest absolute Gasteiger partial charge is 0.231 e. The van der Waals surface area contributed by atoms with E-state index in [0.29, 0.717) is 19.7 Å². The first-order chi connectivity index (χ1) is 10.8. The molecule has 0 amide bonds. The van der Waals surface area contributed by atoms with Crippen LogP contribution in [0, 0.1) is 0 Å². The average molecular weight is 305 g/mol. The minimum absolute atomic E-state index is 0.263. The highest BCUT2D eigenvalue weighted by Crippen LogP contribution is 2.32. The second kappa shape index (κ2) is 7.31. The van der Waals surface area contributed by atoms with E-state index in [1.165, 1.54) is 0 Å². The first-order valence-electron chi connectivity index (χ1n) is 7.19. The summed E-state index contributed by atoms with van der Waals surface area (Å²) in [6.07, 6.45) is 1.06. The first-order valence-corrected chi connectivity index (χ1v) is 7.19. The average Bonchev–Trinajstić information content (AvgIpc) is 3.17. The maximum absolute atomic E-state index is 9.85. The first kappa shape index (κ1) is 14.9. The van der Waals surface area contributed by atoms with Gasteiger partial charge in [-0.1, -0.05) is 6.07 Å². The number of hydrogen-bond acceptors (Lipinski definition) is 6. The van der Waals surface area contributed by atoms with Crippen LogP contribution in [0.2, 0.25) is 0 Å². The van der Waals surface area contributed by atoms with Gasteiger partial charge in [-0.2, -0.15) is 0 Å². The summed E-state index contributed by atoms with van der Waals surface area (Å²) in [7, 11) is 0. The Bertz CT molecular complexity index is 584. The largest absolute Gasteiger partial charge is 0.468 e. The van der Waals surface area contributed by atoms with E-state index in [2.05, 4.69) is 5.32 Å². The van der Waals surface area contributed by atoms with Gasteiger partial charge in [-0.15, -0.1) is 0 Å². The molecule has 1 aromatic carbocycles. The van der Waals surface area contributed by atoms with Gasteiger partial charge in [-0.3, -0.25) is 0 Å². The Hall–Kier alpha value is -2.02. The van der Waals surface area contributed by atoms with E-state index in [-0.39, 0.29) is 13.4 Å². The quantitative estimate of drug-likeness (QED) is 0.773. The number of benzene rings is 1. The van der Waals surface area contributed by atoms with Crippen molar-refractivity contribution in [3.8, 4) is 11.5 Å². The van der Waals surface area contributed by atoms with Crippen molar-refractivity contribution in [3.63, 3.8) is 0 Å². The van der Waals surface area contributed by atoms with Crippen molar-refractivity contribution < 1.29 is 23.7 Å². The lowest BCUT2D eigenvalue weighted by Gasteiger charge is -2.12. The minimum atomic E-state index is -0.566. The van der Waals surface area contributed by atoms with Gasteiger partial charge >= 0.3 is 0 Å². The SMILES string of the molecule is OC(CNCc1ccco1)COCc1ccc2c(c1)OCO2. The fraction of sp³-hybridized carbons (Fsp3) is 0.375. The molecule has 1 aliphatic rings. The monoisotopic (exact) mass is 305 g/mol. The second-order valence-electron chi connectivity index (χ2n) is 5.07. The summed E-state index contributed by atoms with van der Waals surface area (Å²) in [5, 5.41) is 13.0. The topological polar surface area (TPSA) is 73.1 Å². The van der Waals surface area contributed by atoms with Gasteiger partial charge in [0.15, 0.2) is 11.5 Å². The molecule has 3 rings (SSSR count). The summed E-state index contributed by atoms with van der Waals surface area (Å²) in [4.78, 5) is 0. The molecule has 2 heterocycles. The Balaban J connectivity index is 1.34. The number of ether oxygens (including phenoxy) is 3. The van der Waals surface area contributed by atoms with Gasteiger partial charge < -0.3 is 29.1 Å². The summed E-state index contributed by atoms with van der Waals surface area (Å²) < 4.78 is 21.3. The predicted octanol–water partition coefficient (Wildman–Crippen LogP) is 1.68. The maximum atomic E-state index is 9.85. The maximum Gasteiger partial charge on any atom is 0.231 e. The highest BCUT2D eigenvalue weighted by Gasteiger charge is 2.13. The van der Waals surface area contributed by atoms with Crippen molar-refractivity contribution in [1.82, 2.24) is 5.32 Å². The number of hydrogen-bond donors (Lipinski definition) is 2. The molecule has 6 nitrogen and oxygen atoms in total. The zero-order valence-corrected chi connectivity index (χ0v) is 12.2. The van der Waals surface area contributed by atoms with Crippen LogP contribution in [0.1, 0.15) is 11.3 Å². The zero-order valence-electron chi connectivity index (χ0n) is 12.2. The normalized spacial score (nSPS) is 14.2. The molecular weight excluding hydrogens is 286 g/mol. The van der Waals surface area contributed by atoms with Crippen LogP contribution < -0.4 is 14.8 Å². The van der Waals surface area contributed by atoms with E-state index in [1.807, 2.05) is 30.3 Å². The van der Waals surface area contributed by atoms with E-state index >= 15 is 0 Å². The molecule has 0 radical (unpaired) electrons. The molecule has 0 aliphatic carbocycles. The van der Waals surface area contributed by atoms with Gasteiger partial charge in [0.25, 0.3) is 0 Å². The van der Waals surface area contributed by atoms with Crippen LogP contribution in [-0.4, -0.2) is 31.2 Å². The molecule has 0 spiro atoms. The van der Waals surface area contributed by atoms with Crippen LogP contribution >= 0.6 is 0 Å². The number of rotatable bonds is 8. The Labute approximate surface area is 128 Å². The lowest BCUT2D eigenvalue weighted by molar-refractivity contribution is 0.0285. The lowest BCUT2D eigenvalue weighted by Crippen LogP contribution is -2.29. The van der Waals surface area contributed by atoms with E-state index in [9.17, 15) is 5.11 Å². The summed E-state index contributed by atoms with van der Waals surface area (Å²) in [6, 6.07) is 9.40. The molecule has 1 unspecified atom stereocenters. The molecule has 6 heteroatoms. The molecule has 0 saturated heterocycles. The number of furan rings is 1. The van der Waals surface area contributed by atoms with E-state index < -0.39 is 6.10 Å². The molecule has 0 bridgehead atoms. The molecule has 1 aliphatic heterocycles. The molecule has 1 atom stereocenters. The highest BCUT2D eigenvalue weighted by molar-refractivity contribution is 5.44. The van der Waals surface area contributed by atoms with Crippen LogP contribution in [0.5, 0.6) is 11.5 Å². The van der Waals surface area contributed by atoms with Crippen molar-refractivity contribution >= 4 is 0 Å².